The summed E-state index contributed by atoms with van der Waals surface area (Å²) in [6.07, 6.45) is -0.112. The molecule has 1 amide bonds. The van der Waals surface area contributed by atoms with E-state index >= 15 is 0 Å². The van der Waals surface area contributed by atoms with Crippen LogP contribution in [0.15, 0.2) is 42.5 Å². The van der Waals surface area contributed by atoms with E-state index in [-0.39, 0.29) is 18.7 Å². The van der Waals surface area contributed by atoms with E-state index < -0.39 is 17.9 Å². The molecular formula is C18H16FNO4. The number of benzene rings is 2. The molecule has 0 radical (unpaired) electrons. The Labute approximate surface area is 138 Å². The van der Waals surface area contributed by atoms with Gasteiger partial charge in [0.2, 0.25) is 0 Å². The number of halogens is 1. The van der Waals surface area contributed by atoms with E-state index in [4.69, 9.17) is 4.74 Å². The summed E-state index contributed by atoms with van der Waals surface area (Å²) in [5.74, 6) is -1.78. The van der Waals surface area contributed by atoms with Crippen molar-refractivity contribution in [2.45, 2.75) is 19.6 Å². The molecule has 0 aliphatic carbocycles. The Morgan fingerprint density at radius 1 is 1.21 bits per heavy atom. The summed E-state index contributed by atoms with van der Waals surface area (Å²) < 4.78 is 18.8. The smallest absolute Gasteiger partial charge is 0.410 e. The molecule has 0 unspecified atom stereocenters. The molecule has 0 aromatic heterocycles. The fraction of sp³-hybridized carbons (Fsp3) is 0.222. The lowest BCUT2D eigenvalue weighted by Gasteiger charge is -2.29. The zero-order chi connectivity index (χ0) is 17.1. The minimum absolute atomic E-state index is 0.102. The van der Waals surface area contributed by atoms with Crippen molar-refractivity contribution in [1.29, 1.82) is 0 Å². The maximum Gasteiger partial charge on any atom is 0.410 e. The lowest BCUT2D eigenvalue weighted by atomic mass is 9.95. The van der Waals surface area contributed by atoms with Crippen molar-refractivity contribution in [2.75, 3.05) is 6.54 Å². The van der Waals surface area contributed by atoms with Crippen LogP contribution in [0.2, 0.25) is 0 Å². The molecule has 2 aromatic rings. The second-order valence-corrected chi connectivity index (χ2v) is 5.61. The summed E-state index contributed by atoms with van der Waals surface area (Å²) in [5.41, 5.74) is 1.86. The zero-order valence-electron chi connectivity index (χ0n) is 12.9. The van der Waals surface area contributed by atoms with Crippen molar-refractivity contribution < 1.29 is 23.8 Å². The highest BCUT2D eigenvalue weighted by Gasteiger charge is 2.26. The molecule has 1 aliphatic rings. The molecule has 0 spiro atoms. The molecule has 0 atom stereocenters. The van der Waals surface area contributed by atoms with E-state index in [1.807, 2.05) is 30.3 Å². The zero-order valence-corrected chi connectivity index (χ0v) is 12.9. The van der Waals surface area contributed by atoms with Gasteiger partial charge in [0, 0.05) is 6.54 Å². The van der Waals surface area contributed by atoms with Crippen LogP contribution in [0.3, 0.4) is 0 Å². The van der Waals surface area contributed by atoms with Crippen LogP contribution in [0.4, 0.5) is 9.18 Å². The van der Waals surface area contributed by atoms with Gasteiger partial charge >= 0.3 is 12.1 Å². The molecule has 0 bridgehead atoms. The van der Waals surface area contributed by atoms with E-state index in [0.717, 1.165) is 11.6 Å². The fourth-order valence-electron chi connectivity index (χ4n) is 2.79. The molecule has 2 aromatic carbocycles. The second kappa shape index (κ2) is 6.70. The molecular weight excluding hydrogens is 313 g/mol. The number of carboxylic acids is 1. The third-order valence-electron chi connectivity index (χ3n) is 4.00. The highest BCUT2D eigenvalue weighted by molar-refractivity contribution is 5.90. The largest absolute Gasteiger partial charge is 0.478 e. The Balaban J connectivity index is 1.72. The average Bonchev–Trinajstić information content (AvgIpc) is 2.59. The van der Waals surface area contributed by atoms with Crippen LogP contribution in [0, 0.1) is 5.82 Å². The number of carbonyl (C=O) groups excluding carboxylic acids is 1. The molecule has 0 saturated heterocycles. The quantitative estimate of drug-likeness (QED) is 0.939. The average molecular weight is 329 g/mol. The summed E-state index contributed by atoms with van der Waals surface area (Å²) in [6.45, 7) is 0.617. The van der Waals surface area contributed by atoms with Gasteiger partial charge in [0.25, 0.3) is 0 Å². The maximum atomic E-state index is 13.5. The van der Waals surface area contributed by atoms with Crippen molar-refractivity contribution in [3.05, 3.63) is 70.5 Å². The SMILES string of the molecule is O=C(O)c1cc(F)cc2c1CN(C(=O)OCc1ccccc1)CC2. The number of ether oxygens (including phenoxy) is 1. The van der Waals surface area contributed by atoms with Gasteiger partial charge in [0.1, 0.15) is 12.4 Å². The van der Waals surface area contributed by atoms with Crippen molar-refractivity contribution >= 4 is 12.1 Å². The number of rotatable bonds is 3. The first-order chi connectivity index (χ1) is 11.5. The molecule has 3 rings (SSSR count). The normalized spacial score (nSPS) is 13.3. The highest BCUT2D eigenvalue weighted by atomic mass is 19.1. The summed E-state index contributed by atoms with van der Waals surface area (Å²) >= 11 is 0. The van der Waals surface area contributed by atoms with Gasteiger partial charge < -0.3 is 14.7 Å². The van der Waals surface area contributed by atoms with E-state index in [1.54, 1.807) is 0 Å². The minimum Gasteiger partial charge on any atom is -0.478 e. The Hall–Kier alpha value is -2.89. The highest BCUT2D eigenvalue weighted by Crippen LogP contribution is 2.25. The predicted octanol–water partition coefficient (Wildman–Crippen LogP) is 3.22. The summed E-state index contributed by atoms with van der Waals surface area (Å²) in [4.78, 5) is 25.0. The van der Waals surface area contributed by atoms with Crippen LogP contribution in [0.25, 0.3) is 0 Å². The first-order valence-electron chi connectivity index (χ1n) is 7.55. The fourth-order valence-corrected chi connectivity index (χ4v) is 2.79. The Morgan fingerprint density at radius 2 is 1.96 bits per heavy atom. The molecule has 5 nitrogen and oxygen atoms in total. The van der Waals surface area contributed by atoms with Crippen LogP contribution in [0.1, 0.15) is 27.0 Å². The first-order valence-corrected chi connectivity index (χ1v) is 7.55. The van der Waals surface area contributed by atoms with E-state index in [1.165, 1.54) is 11.0 Å². The van der Waals surface area contributed by atoms with Crippen molar-refractivity contribution in [3.63, 3.8) is 0 Å². The van der Waals surface area contributed by atoms with E-state index in [9.17, 15) is 19.1 Å². The molecule has 1 N–H and O–H groups in total. The number of amides is 1. The van der Waals surface area contributed by atoms with Gasteiger partial charge in [-0.15, -0.1) is 0 Å². The first kappa shape index (κ1) is 16.0. The van der Waals surface area contributed by atoms with Crippen LogP contribution >= 0.6 is 0 Å². The molecule has 6 heteroatoms. The van der Waals surface area contributed by atoms with Gasteiger partial charge in [0.05, 0.1) is 12.1 Å². The summed E-state index contributed by atoms with van der Waals surface area (Å²) in [7, 11) is 0. The third kappa shape index (κ3) is 3.37. The molecule has 0 fully saturated rings. The minimum atomic E-state index is -1.20. The Bertz CT molecular complexity index is 776. The monoisotopic (exact) mass is 329 g/mol. The van der Waals surface area contributed by atoms with Gasteiger partial charge in [-0.25, -0.2) is 14.0 Å². The van der Waals surface area contributed by atoms with Crippen LogP contribution < -0.4 is 0 Å². The second-order valence-electron chi connectivity index (χ2n) is 5.61. The lowest BCUT2D eigenvalue weighted by Crippen LogP contribution is -2.37. The maximum absolute atomic E-state index is 13.5. The van der Waals surface area contributed by atoms with Crippen molar-refractivity contribution in [3.8, 4) is 0 Å². The Morgan fingerprint density at radius 3 is 2.67 bits per heavy atom. The predicted molar refractivity (Wildman–Crippen MR) is 84.1 cm³/mol. The van der Waals surface area contributed by atoms with Crippen LogP contribution in [-0.4, -0.2) is 28.6 Å². The number of hydrogen-bond donors (Lipinski definition) is 1. The van der Waals surface area contributed by atoms with Gasteiger partial charge in [0.15, 0.2) is 0 Å². The third-order valence-corrected chi connectivity index (χ3v) is 4.00. The number of carboxylic acid groups (broad SMARTS) is 1. The number of fused-ring (bicyclic) bond motifs is 1. The lowest BCUT2D eigenvalue weighted by molar-refractivity contribution is 0.0687. The van der Waals surface area contributed by atoms with Gasteiger partial charge in [-0.1, -0.05) is 30.3 Å². The van der Waals surface area contributed by atoms with E-state index in [2.05, 4.69) is 0 Å². The summed E-state index contributed by atoms with van der Waals surface area (Å²) in [6, 6.07) is 11.6. The van der Waals surface area contributed by atoms with Gasteiger partial charge in [-0.05, 0) is 35.2 Å². The van der Waals surface area contributed by atoms with Gasteiger partial charge in [-0.2, -0.15) is 0 Å². The molecule has 24 heavy (non-hydrogen) atoms. The topological polar surface area (TPSA) is 66.8 Å². The van der Waals surface area contributed by atoms with Crippen LogP contribution in [-0.2, 0) is 24.3 Å². The molecule has 124 valence electrons. The molecule has 0 saturated carbocycles. The number of nitrogens with zero attached hydrogens (tertiary/aromatic N) is 1. The van der Waals surface area contributed by atoms with Crippen LogP contribution in [0.5, 0.6) is 0 Å². The molecule has 1 heterocycles. The van der Waals surface area contributed by atoms with Crippen molar-refractivity contribution in [2.24, 2.45) is 0 Å². The molecule has 1 aliphatic heterocycles. The number of carbonyl (C=O) groups is 2. The number of hydrogen-bond acceptors (Lipinski definition) is 3. The number of aromatic carboxylic acids is 1. The Kier molecular flexibility index (Phi) is 4.46. The van der Waals surface area contributed by atoms with Gasteiger partial charge in [-0.3, -0.25) is 0 Å². The van der Waals surface area contributed by atoms with Crippen molar-refractivity contribution in [1.82, 2.24) is 4.90 Å². The standard InChI is InChI=1S/C18H16FNO4/c19-14-8-13-6-7-20(10-16(13)15(9-14)17(21)22)18(23)24-11-12-4-2-1-3-5-12/h1-5,8-9H,6-7,10-11H2,(H,21,22). The summed E-state index contributed by atoms with van der Waals surface area (Å²) in [5, 5.41) is 9.24. The van der Waals surface area contributed by atoms with E-state index in [0.29, 0.717) is 24.1 Å².